The van der Waals surface area contributed by atoms with Gasteiger partial charge in [0, 0.05) is 6.61 Å². The van der Waals surface area contributed by atoms with Gasteiger partial charge in [-0.1, -0.05) is 60.0 Å². The third-order valence-electron chi connectivity index (χ3n) is 9.85. The van der Waals surface area contributed by atoms with Crippen LogP contribution < -0.4 is 0 Å². The number of rotatable bonds is 9. The van der Waals surface area contributed by atoms with E-state index in [1.165, 1.54) is 56.9 Å². The van der Waals surface area contributed by atoms with E-state index in [4.69, 9.17) is 0 Å². The third-order valence-corrected chi connectivity index (χ3v) is 9.85. The van der Waals surface area contributed by atoms with Crippen molar-refractivity contribution in [2.24, 2.45) is 46.3 Å². The number of allylic oxidation sites excluding steroid dienone is 1. The molecule has 2 heteroatoms. The molecule has 168 valence electrons. The fourth-order valence-electron chi connectivity index (χ4n) is 8.22. The zero-order valence-electron chi connectivity index (χ0n) is 19.9. The maximum atomic E-state index is 10.1. The second-order valence-electron chi connectivity index (χ2n) is 11.8. The lowest BCUT2D eigenvalue weighted by atomic mass is 9.48. The lowest BCUT2D eigenvalue weighted by Gasteiger charge is -2.57. The van der Waals surface area contributed by atoms with E-state index in [1.54, 1.807) is 0 Å². The number of hydrogen-bond acceptors (Lipinski definition) is 2. The van der Waals surface area contributed by atoms with Crippen LogP contribution in [0.4, 0.5) is 0 Å². The Bertz CT molecular complexity index is 567. The monoisotopic (exact) mass is 404 g/mol. The topological polar surface area (TPSA) is 40.5 Å². The molecule has 0 unspecified atom stereocenters. The molecule has 3 rings (SSSR count). The van der Waals surface area contributed by atoms with Crippen LogP contribution in [0.1, 0.15) is 98.8 Å². The van der Waals surface area contributed by atoms with E-state index in [0.29, 0.717) is 11.3 Å². The van der Waals surface area contributed by atoms with Gasteiger partial charge in [0.05, 0.1) is 6.61 Å². The van der Waals surface area contributed by atoms with Crippen LogP contribution in [0, 0.1) is 46.3 Å². The van der Waals surface area contributed by atoms with Crippen LogP contribution in [0.15, 0.2) is 11.6 Å². The van der Waals surface area contributed by atoms with Crippen molar-refractivity contribution in [3.8, 4) is 0 Å². The summed E-state index contributed by atoms with van der Waals surface area (Å²) in [5, 5.41) is 19.5. The molecule has 3 aliphatic carbocycles. The van der Waals surface area contributed by atoms with Crippen molar-refractivity contribution in [2.45, 2.75) is 98.8 Å². The summed E-state index contributed by atoms with van der Waals surface area (Å²) in [6.07, 6.45) is 15.1. The van der Waals surface area contributed by atoms with Crippen molar-refractivity contribution in [3.63, 3.8) is 0 Å². The number of fused-ring (bicyclic) bond motifs is 3. The Morgan fingerprint density at radius 3 is 2.41 bits per heavy atom. The second-order valence-corrected chi connectivity index (χ2v) is 11.8. The normalized spacial score (nSPS) is 40.5. The lowest BCUT2D eigenvalue weighted by molar-refractivity contribution is -0.0495. The van der Waals surface area contributed by atoms with Crippen LogP contribution >= 0.6 is 0 Å². The minimum atomic E-state index is 0.0860. The van der Waals surface area contributed by atoms with Gasteiger partial charge in [-0.3, -0.25) is 0 Å². The molecule has 0 amide bonds. The number of aliphatic hydroxyl groups excluding tert-OH is 2. The summed E-state index contributed by atoms with van der Waals surface area (Å²) >= 11 is 0. The van der Waals surface area contributed by atoms with Crippen LogP contribution in [0.25, 0.3) is 0 Å². The summed E-state index contributed by atoms with van der Waals surface area (Å²) in [5.74, 6) is 4.90. The first-order valence-corrected chi connectivity index (χ1v) is 12.7. The maximum Gasteiger partial charge on any atom is 0.0647 e. The molecular formula is C27H48O2. The highest BCUT2D eigenvalue weighted by Crippen LogP contribution is 2.66. The molecule has 0 saturated heterocycles. The summed E-state index contributed by atoms with van der Waals surface area (Å²) in [7, 11) is 0. The van der Waals surface area contributed by atoms with Crippen LogP contribution in [-0.4, -0.2) is 23.4 Å². The Labute approximate surface area is 180 Å². The minimum absolute atomic E-state index is 0.0860. The molecule has 2 saturated carbocycles. The van der Waals surface area contributed by atoms with Crippen molar-refractivity contribution < 1.29 is 10.2 Å². The molecule has 0 aromatic heterocycles. The van der Waals surface area contributed by atoms with E-state index in [9.17, 15) is 10.2 Å². The van der Waals surface area contributed by atoms with E-state index in [-0.39, 0.29) is 18.6 Å². The Hall–Kier alpha value is -0.340. The molecule has 0 radical (unpaired) electrons. The molecule has 0 aromatic carbocycles. The fraction of sp³-hybridized carbons (Fsp3) is 0.926. The molecule has 0 aliphatic heterocycles. The molecular weight excluding hydrogens is 356 g/mol. The first-order chi connectivity index (χ1) is 13.8. The second kappa shape index (κ2) is 9.43. The van der Waals surface area contributed by atoms with Gasteiger partial charge < -0.3 is 10.2 Å². The molecule has 2 fully saturated rings. The number of hydrogen-bond donors (Lipinski definition) is 2. The third kappa shape index (κ3) is 4.36. The highest BCUT2D eigenvalue weighted by atomic mass is 16.3. The van der Waals surface area contributed by atoms with Gasteiger partial charge in [0.15, 0.2) is 0 Å². The standard InChI is InChI=1S/C27H48O2/c1-19(2)8-6-9-20(3)23-12-13-24-22-11-10-21(18-29)26(4,15-7-17-28)25(22)14-16-27(23,24)5/h10,19-20,22-25,28-29H,6-9,11-18H2,1-5H3/t20-,22-,23-,24+,25-,26-,27-/m0/s1. The Kier molecular flexibility index (Phi) is 7.58. The van der Waals surface area contributed by atoms with Crippen molar-refractivity contribution in [1.29, 1.82) is 0 Å². The fourth-order valence-corrected chi connectivity index (χ4v) is 8.22. The van der Waals surface area contributed by atoms with E-state index in [1.807, 2.05) is 0 Å². The van der Waals surface area contributed by atoms with Gasteiger partial charge in [-0.25, -0.2) is 0 Å². The van der Waals surface area contributed by atoms with Gasteiger partial charge in [0.25, 0.3) is 0 Å². The Morgan fingerprint density at radius 2 is 1.76 bits per heavy atom. The zero-order valence-corrected chi connectivity index (χ0v) is 19.9. The summed E-state index contributed by atoms with van der Waals surface area (Å²) < 4.78 is 0. The summed E-state index contributed by atoms with van der Waals surface area (Å²) in [6, 6.07) is 0. The van der Waals surface area contributed by atoms with Gasteiger partial charge in [0.1, 0.15) is 0 Å². The van der Waals surface area contributed by atoms with Crippen LogP contribution in [0.2, 0.25) is 0 Å². The van der Waals surface area contributed by atoms with Crippen LogP contribution in [0.3, 0.4) is 0 Å². The zero-order chi connectivity index (χ0) is 21.2. The first kappa shape index (κ1) is 23.3. The summed E-state index contributed by atoms with van der Waals surface area (Å²) in [5.41, 5.74) is 1.86. The molecule has 0 aromatic rings. The SMILES string of the molecule is CC(C)CCC[C@H](C)[C@@H]1CC[C@@H]2[C@@H]3CC=C(CO)[C@](C)(CCCO)[C@H]3CC[C@]21C. The highest BCUT2D eigenvalue weighted by molar-refractivity contribution is 5.23. The van der Waals surface area contributed by atoms with Gasteiger partial charge in [-0.05, 0) is 96.9 Å². The predicted octanol–water partition coefficient (Wildman–Crippen LogP) is 6.61. The largest absolute Gasteiger partial charge is 0.396 e. The van der Waals surface area contributed by atoms with Crippen molar-refractivity contribution in [2.75, 3.05) is 13.2 Å². The summed E-state index contributed by atoms with van der Waals surface area (Å²) in [6.45, 7) is 12.7. The van der Waals surface area contributed by atoms with Crippen molar-refractivity contribution in [3.05, 3.63) is 11.6 Å². The molecule has 0 heterocycles. The molecule has 7 atom stereocenters. The quantitative estimate of drug-likeness (QED) is 0.425. The lowest BCUT2D eigenvalue weighted by Crippen LogP contribution is -2.49. The first-order valence-electron chi connectivity index (χ1n) is 12.7. The van der Waals surface area contributed by atoms with E-state index in [2.05, 4.69) is 40.7 Å². The number of aliphatic hydroxyl groups is 2. The average Bonchev–Trinajstić information content (AvgIpc) is 3.03. The molecule has 0 bridgehead atoms. The van der Waals surface area contributed by atoms with Gasteiger partial charge in [-0.15, -0.1) is 0 Å². The molecule has 2 nitrogen and oxygen atoms in total. The van der Waals surface area contributed by atoms with E-state index < -0.39 is 0 Å². The van der Waals surface area contributed by atoms with E-state index in [0.717, 1.165) is 42.4 Å². The van der Waals surface area contributed by atoms with Crippen LogP contribution in [0.5, 0.6) is 0 Å². The van der Waals surface area contributed by atoms with Crippen molar-refractivity contribution in [1.82, 2.24) is 0 Å². The maximum absolute atomic E-state index is 10.1. The highest BCUT2D eigenvalue weighted by Gasteiger charge is 2.58. The Balaban J connectivity index is 1.75. The molecule has 2 N–H and O–H groups in total. The summed E-state index contributed by atoms with van der Waals surface area (Å²) in [4.78, 5) is 0. The smallest absolute Gasteiger partial charge is 0.0647 e. The molecule has 29 heavy (non-hydrogen) atoms. The van der Waals surface area contributed by atoms with Gasteiger partial charge in [-0.2, -0.15) is 0 Å². The van der Waals surface area contributed by atoms with Crippen LogP contribution in [-0.2, 0) is 0 Å². The van der Waals surface area contributed by atoms with E-state index >= 15 is 0 Å². The van der Waals surface area contributed by atoms with Gasteiger partial charge >= 0.3 is 0 Å². The molecule has 3 aliphatic rings. The minimum Gasteiger partial charge on any atom is -0.396 e. The van der Waals surface area contributed by atoms with Crippen molar-refractivity contribution >= 4 is 0 Å². The Morgan fingerprint density at radius 1 is 1.00 bits per heavy atom. The molecule has 0 spiro atoms. The average molecular weight is 405 g/mol. The predicted molar refractivity (Wildman–Crippen MR) is 123 cm³/mol. The van der Waals surface area contributed by atoms with Gasteiger partial charge in [0.2, 0.25) is 0 Å².